The molecule has 2 rings (SSSR count). The molecular formula is C15H22N4OS. The van der Waals surface area contributed by atoms with Crippen molar-refractivity contribution in [3.63, 3.8) is 0 Å². The number of thiocarbonyl (C=S) groups is 1. The molecule has 1 aliphatic rings. The van der Waals surface area contributed by atoms with E-state index in [-0.39, 0.29) is 6.03 Å². The van der Waals surface area contributed by atoms with E-state index in [1.165, 1.54) is 0 Å². The molecule has 1 fully saturated rings. The van der Waals surface area contributed by atoms with Gasteiger partial charge in [0.2, 0.25) is 0 Å². The van der Waals surface area contributed by atoms with Crippen LogP contribution in [0.4, 0.5) is 4.79 Å². The Bertz CT molecular complexity index is 498. The standard InChI is InChI=1S/C15H22N4OS/c1-19-9-7-15(8-10-19,13(16)21)18-14(20)17-11-12-5-3-2-4-6-12/h2-6H,7-11H2,1H3,(H2,16,21)(H2,17,18,20). The molecular weight excluding hydrogens is 284 g/mol. The summed E-state index contributed by atoms with van der Waals surface area (Å²) in [4.78, 5) is 14.7. The van der Waals surface area contributed by atoms with Crippen LogP contribution in [-0.4, -0.2) is 41.6 Å². The fraction of sp³-hybridized carbons (Fsp3) is 0.467. The summed E-state index contributed by atoms with van der Waals surface area (Å²) in [6.45, 7) is 2.23. The van der Waals surface area contributed by atoms with Gasteiger partial charge in [-0.05, 0) is 25.5 Å². The number of urea groups is 1. The van der Waals surface area contributed by atoms with Crippen molar-refractivity contribution in [1.29, 1.82) is 0 Å². The highest BCUT2D eigenvalue weighted by Gasteiger charge is 2.37. The van der Waals surface area contributed by atoms with Gasteiger partial charge in [-0.25, -0.2) is 4.79 Å². The van der Waals surface area contributed by atoms with E-state index in [1.807, 2.05) is 30.3 Å². The van der Waals surface area contributed by atoms with Gasteiger partial charge in [-0.1, -0.05) is 42.5 Å². The highest BCUT2D eigenvalue weighted by atomic mass is 32.1. The normalized spacial score (nSPS) is 18.0. The number of hydrogen-bond donors (Lipinski definition) is 3. The zero-order valence-corrected chi connectivity index (χ0v) is 13.1. The predicted octanol–water partition coefficient (Wildman–Crippen LogP) is 1.24. The van der Waals surface area contributed by atoms with E-state index in [1.54, 1.807) is 0 Å². The summed E-state index contributed by atoms with van der Waals surface area (Å²) < 4.78 is 0. The Labute approximate surface area is 130 Å². The van der Waals surface area contributed by atoms with Gasteiger partial charge in [0, 0.05) is 19.6 Å². The number of nitrogens with two attached hydrogens (primary N) is 1. The lowest BCUT2D eigenvalue weighted by molar-refractivity contribution is 0.193. The molecule has 5 nitrogen and oxygen atoms in total. The van der Waals surface area contributed by atoms with Crippen molar-refractivity contribution >= 4 is 23.2 Å². The molecule has 2 amide bonds. The Morgan fingerprint density at radius 1 is 1.33 bits per heavy atom. The summed E-state index contributed by atoms with van der Waals surface area (Å²) in [5, 5.41) is 5.84. The highest BCUT2D eigenvalue weighted by Crippen LogP contribution is 2.22. The molecule has 0 bridgehead atoms. The first-order valence-electron chi connectivity index (χ1n) is 7.10. The van der Waals surface area contributed by atoms with Crippen molar-refractivity contribution in [2.45, 2.75) is 24.9 Å². The lowest BCUT2D eigenvalue weighted by Crippen LogP contribution is -2.62. The summed E-state index contributed by atoms with van der Waals surface area (Å²) in [5.41, 5.74) is 6.36. The van der Waals surface area contributed by atoms with Crippen LogP contribution in [0.1, 0.15) is 18.4 Å². The molecule has 1 saturated heterocycles. The second kappa shape index (κ2) is 6.87. The fourth-order valence-corrected chi connectivity index (χ4v) is 2.73. The van der Waals surface area contributed by atoms with Gasteiger partial charge >= 0.3 is 6.03 Å². The van der Waals surface area contributed by atoms with E-state index in [9.17, 15) is 4.79 Å². The number of nitrogens with zero attached hydrogens (tertiary/aromatic N) is 1. The van der Waals surface area contributed by atoms with E-state index in [0.29, 0.717) is 11.5 Å². The summed E-state index contributed by atoms with van der Waals surface area (Å²) in [7, 11) is 2.05. The van der Waals surface area contributed by atoms with Crippen molar-refractivity contribution in [1.82, 2.24) is 15.5 Å². The van der Waals surface area contributed by atoms with Crippen LogP contribution >= 0.6 is 12.2 Å². The lowest BCUT2D eigenvalue weighted by atomic mass is 9.87. The van der Waals surface area contributed by atoms with E-state index in [0.717, 1.165) is 31.5 Å². The maximum atomic E-state index is 12.1. The smallest absolute Gasteiger partial charge is 0.315 e. The van der Waals surface area contributed by atoms with Crippen LogP contribution in [0, 0.1) is 0 Å². The summed E-state index contributed by atoms with van der Waals surface area (Å²) in [6, 6.07) is 9.56. The highest BCUT2D eigenvalue weighted by molar-refractivity contribution is 7.80. The van der Waals surface area contributed by atoms with Gasteiger partial charge in [-0.2, -0.15) is 0 Å². The van der Waals surface area contributed by atoms with Gasteiger partial charge in [0.1, 0.15) is 0 Å². The lowest BCUT2D eigenvalue weighted by Gasteiger charge is -2.40. The average molecular weight is 306 g/mol. The van der Waals surface area contributed by atoms with Gasteiger partial charge in [0.25, 0.3) is 0 Å². The SMILES string of the molecule is CN1CCC(NC(=O)NCc2ccccc2)(C(N)=S)CC1. The number of benzene rings is 1. The molecule has 0 spiro atoms. The molecule has 0 atom stereocenters. The molecule has 1 aliphatic heterocycles. The molecule has 0 aromatic heterocycles. The molecule has 1 aromatic rings. The number of rotatable bonds is 4. The number of amides is 2. The largest absolute Gasteiger partial charge is 0.391 e. The zero-order valence-electron chi connectivity index (χ0n) is 12.3. The number of nitrogens with one attached hydrogen (secondary N) is 2. The number of piperidine rings is 1. The molecule has 0 saturated carbocycles. The molecule has 1 heterocycles. The summed E-state index contributed by atoms with van der Waals surface area (Å²) in [5.74, 6) is 0. The molecule has 0 radical (unpaired) electrons. The number of likely N-dealkylation sites (tertiary alicyclic amines) is 1. The minimum absolute atomic E-state index is 0.226. The Morgan fingerprint density at radius 2 is 1.95 bits per heavy atom. The third-order valence-electron chi connectivity index (χ3n) is 3.96. The molecule has 1 aromatic carbocycles. The summed E-state index contributed by atoms with van der Waals surface area (Å²) >= 11 is 5.18. The van der Waals surface area contributed by atoms with Crippen LogP contribution in [0.3, 0.4) is 0 Å². The van der Waals surface area contributed by atoms with Crippen molar-refractivity contribution in [3.8, 4) is 0 Å². The van der Waals surface area contributed by atoms with Crippen molar-refractivity contribution in [2.75, 3.05) is 20.1 Å². The molecule has 0 unspecified atom stereocenters. The predicted molar refractivity (Wildman–Crippen MR) is 88.1 cm³/mol. The van der Waals surface area contributed by atoms with Crippen LogP contribution in [-0.2, 0) is 6.54 Å². The van der Waals surface area contributed by atoms with Crippen LogP contribution < -0.4 is 16.4 Å². The first kappa shape index (κ1) is 15.7. The minimum Gasteiger partial charge on any atom is -0.391 e. The van der Waals surface area contributed by atoms with E-state index in [2.05, 4.69) is 22.6 Å². The Balaban J connectivity index is 1.91. The van der Waals surface area contributed by atoms with Crippen LogP contribution in [0.15, 0.2) is 30.3 Å². The maximum Gasteiger partial charge on any atom is 0.315 e. The van der Waals surface area contributed by atoms with Crippen molar-refractivity contribution < 1.29 is 4.79 Å². The first-order valence-corrected chi connectivity index (χ1v) is 7.51. The zero-order chi connectivity index (χ0) is 15.3. The second-order valence-electron chi connectivity index (χ2n) is 5.54. The third kappa shape index (κ3) is 4.15. The summed E-state index contributed by atoms with van der Waals surface area (Å²) in [6.07, 6.45) is 1.50. The fourth-order valence-electron chi connectivity index (χ4n) is 2.47. The molecule has 114 valence electrons. The second-order valence-corrected chi connectivity index (χ2v) is 5.98. The number of hydrogen-bond acceptors (Lipinski definition) is 3. The topological polar surface area (TPSA) is 70.4 Å². The quantitative estimate of drug-likeness (QED) is 0.732. The van der Waals surface area contributed by atoms with Crippen molar-refractivity contribution in [2.24, 2.45) is 5.73 Å². The monoisotopic (exact) mass is 306 g/mol. The van der Waals surface area contributed by atoms with E-state index >= 15 is 0 Å². The Hall–Kier alpha value is -1.66. The molecule has 21 heavy (non-hydrogen) atoms. The third-order valence-corrected chi connectivity index (χ3v) is 4.35. The minimum atomic E-state index is -0.567. The van der Waals surface area contributed by atoms with Crippen LogP contribution in [0.25, 0.3) is 0 Å². The Kier molecular flexibility index (Phi) is 5.14. The molecule has 6 heteroatoms. The van der Waals surface area contributed by atoms with Crippen LogP contribution in [0.2, 0.25) is 0 Å². The van der Waals surface area contributed by atoms with Crippen LogP contribution in [0.5, 0.6) is 0 Å². The van der Waals surface area contributed by atoms with Gasteiger partial charge < -0.3 is 21.3 Å². The van der Waals surface area contributed by atoms with Gasteiger partial charge in [0.15, 0.2) is 0 Å². The molecule has 4 N–H and O–H groups in total. The average Bonchev–Trinajstić information content (AvgIpc) is 2.48. The maximum absolute atomic E-state index is 12.1. The van der Waals surface area contributed by atoms with Gasteiger partial charge in [0.05, 0.1) is 10.5 Å². The Morgan fingerprint density at radius 3 is 2.52 bits per heavy atom. The molecule has 0 aliphatic carbocycles. The number of carbonyl (C=O) groups is 1. The van der Waals surface area contributed by atoms with E-state index < -0.39 is 5.54 Å². The number of carbonyl (C=O) groups excluding carboxylic acids is 1. The van der Waals surface area contributed by atoms with E-state index in [4.69, 9.17) is 18.0 Å². The van der Waals surface area contributed by atoms with Crippen molar-refractivity contribution in [3.05, 3.63) is 35.9 Å². The van der Waals surface area contributed by atoms with Gasteiger partial charge in [-0.15, -0.1) is 0 Å². The van der Waals surface area contributed by atoms with Gasteiger partial charge in [-0.3, -0.25) is 0 Å². The first-order chi connectivity index (χ1) is 10.0.